The molecule has 0 radical (unpaired) electrons. The summed E-state index contributed by atoms with van der Waals surface area (Å²) in [4.78, 5) is 38.4. The molecule has 0 spiro atoms. The highest BCUT2D eigenvalue weighted by Gasteiger charge is 2.22. The Kier molecular flexibility index (Phi) is 11.2. The fraction of sp³-hybridized carbons (Fsp3) is 0.225. The van der Waals surface area contributed by atoms with E-state index in [2.05, 4.69) is 29.9 Å². The van der Waals surface area contributed by atoms with Crippen molar-refractivity contribution in [1.29, 1.82) is 0 Å². The summed E-state index contributed by atoms with van der Waals surface area (Å²) < 4.78 is 63.9. The Bertz CT molecular complexity index is 2680. The largest absolute Gasteiger partial charge is 0.461 e. The lowest BCUT2D eigenvalue weighted by molar-refractivity contribution is 0.0518. The predicted octanol–water partition coefficient (Wildman–Crippen LogP) is 7.34. The van der Waals surface area contributed by atoms with Crippen molar-refractivity contribution in [1.82, 2.24) is 47.8 Å². The van der Waals surface area contributed by atoms with Crippen LogP contribution in [0.25, 0.3) is 56.6 Å². The summed E-state index contributed by atoms with van der Waals surface area (Å²) in [6, 6.07) is 18.1. The van der Waals surface area contributed by atoms with Crippen LogP contribution in [0.4, 0.5) is 17.6 Å². The van der Waals surface area contributed by atoms with Crippen molar-refractivity contribution in [3.05, 3.63) is 121 Å². The second-order valence-corrected chi connectivity index (χ2v) is 12.9. The van der Waals surface area contributed by atoms with Crippen LogP contribution in [-0.4, -0.2) is 78.4 Å². The minimum Gasteiger partial charge on any atom is -0.461 e. The van der Waals surface area contributed by atoms with Gasteiger partial charge < -0.3 is 23.4 Å². The van der Waals surface area contributed by atoms with Gasteiger partial charge in [0.25, 0.3) is 12.9 Å². The number of imidazole rings is 4. The zero-order chi connectivity index (χ0) is 40.2. The van der Waals surface area contributed by atoms with Gasteiger partial charge in [-0.15, -0.1) is 0 Å². The molecular weight excluding hydrogens is 744 g/mol. The van der Waals surface area contributed by atoms with E-state index < -0.39 is 31.9 Å². The van der Waals surface area contributed by atoms with Gasteiger partial charge >= 0.3 is 5.97 Å². The molecule has 1 N–H and O–H groups in total. The molecule has 0 aliphatic heterocycles. The Morgan fingerprint density at radius 3 is 1.70 bits per heavy atom. The zero-order valence-corrected chi connectivity index (χ0v) is 31.0. The minimum absolute atomic E-state index is 0.173. The van der Waals surface area contributed by atoms with E-state index in [0.717, 1.165) is 11.4 Å². The van der Waals surface area contributed by atoms with Gasteiger partial charge in [0.2, 0.25) is 0 Å². The van der Waals surface area contributed by atoms with Crippen LogP contribution in [0.1, 0.15) is 34.5 Å². The average Bonchev–Trinajstić information content (AvgIpc) is 3.99. The number of aliphatic hydroxyl groups excluding tert-OH is 1. The standard InChI is InChI=1S/C21H19F2N5O2.C19H17F2N5O/c1-3-30-21(29)16-9-24-18-8-7-14(10-28(16)18)20-19(15-6-4-5-13(2)26-15)25-12-27(20)11-17(22)23;1-12-3-2-4-15(24-12)18-19(25(11-23-18)9-16(20)21)13-5-6-17-22-7-14(10-27)26(17)8-13/h4-10,12,17H,3,11H2,1-2H3;2-8,11,16,27H,9-10H2,1H3. The molecule has 17 heteroatoms. The second kappa shape index (κ2) is 16.5. The van der Waals surface area contributed by atoms with Crippen molar-refractivity contribution < 1.29 is 32.2 Å². The summed E-state index contributed by atoms with van der Waals surface area (Å²) in [6.07, 6.45) is 4.18. The second-order valence-electron chi connectivity index (χ2n) is 12.9. The number of ether oxygens (including phenoxy) is 1. The van der Waals surface area contributed by atoms with Gasteiger partial charge in [0.1, 0.15) is 22.7 Å². The number of aliphatic hydroxyl groups is 1. The third-order valence-electron chi connectivity index (χ3n) is 8.89. The van der Waals surface area contributed by atoms with Gasteiger partial charge in [-0.3, -0.25) is 14.4 Å². The van der Waals surface area contributed by atoms with E-state index in [1.807, 2.05) is 44.2 Å². The highest BCUT2D eigenvalue weighted by atomic mass is 19.3. The van der Waals surface area contributed by atoms with Crippen LogP contribution in [0.3, 0.4) is 0 Å². The Balaban J connectivity index is 0.000000175. The maximum atomic E-state index is 13.2. The van der Waals surface area contributed by atoms with Crippen LogP contribution in [-0.2, 0) is 24.4 Å². The lowest BCUT2D eigenvalue weighted by Gasteiger charge is -2.11. The summed E-state index contributed by atoms with van der Waals surface area (Å²) in [5, 5.41) is 9.50. The van der Waals surface area contributed by atoms with Gasteiger partial charge in [0.15, 0.2) is 5.69 Å². The first-order valence-corrected chi connectivity index (χ1v) is 17.8. The number of esters is 1. The highest BCUT2D eigenvalue weighted by Crippen LogP contribution is 2.33. The molecule has 0 fully saturated rings. The summed E-state index contributed by atoms with van der Waals surface area (Å²) in [7, 11) is 0. The molecule has 292 valence electrons. The number of pyridine rings is 4. The van der Waals surface area contributed by atoms with Crippen molar-refractivity contribution >= 4 is 17.3 Å². The van der Waals surface area contributed by atoms with E-state index in [-0.39, 0.29) is 18.9 Å². The lowest BCUT2D eigenvalue weighted by Crippen LogP contribution is -2.09. The molecule has 8 aromatic rings. The number of hydrogen-bond donors (Lipinski definition) is 1. The molecule has 0 aliphatic carbocycles. The van der Waals surface area contributed by atoms with E-state index in [1.54, 1.807) is 64.6 Å². The molecule has 0 saturated carbocycles. The number of alkyl halides is 4. The summed E-state index contributed by atoms with van der Waals surface area (Å²) in [6.45, 7) is 4.51. The fourth-order valence-electron chi connectivity index (χ4n) is 6.43. The molecule has 8 heterocycles. The zero-order valence-electron chi connectivity index (χ0n) is 31.0. The average molecular weight is 781 g/mol. The number of fused-ring (bicyclic) bond motifs is 2. The van der Waals surface area contributed by atoms with E-state index in [4.69, 9.17) is 4.74 Å². The van der Waals surface area contributed by atoms with Gasteiger partial charge in [-0.2, -0.15) is 0 Å². The van der Waals surface area contributed by atoms with Gasteiger partial charge in [-0.05, 0) is 69.3 Å². The summed E-state index contributed by atoms with van der Waals surface area (Å²) >= 11 is 0. The van der Waals surface area contributed by atoms with Gasteiger partial charge in [-0.25, -0.2) is 42.3 Å². The van der Waals surface area contributed by atoms with E-state index in [0.29, 0.717) is 62.3 Å². The molecule has 0 aromatic carbocycles. The molecule has 57 heavy (non-hydrogen) atoms. The molecule has 0 atom stereocenters. The number of nitrogens with zero attached hydrogens (tertiary/aromatic N) is 10. The molecule has 0 unspecified atom stereocenters. The van der Waals surface area contributed by atoms with Crippen LogP contribution in [0, 0.1) is 13.8 Å². The third-order valence-corrected chi connectivity index (χ3v) is 8.89. The van der Waals surface area contributed by atoms with E-state index in [1.165, 1.54) is 28.0 Å². The SMILES string of the molecule is CCOC(=O)c1cnc2ccc(-c3c(-c4cccc(C)n4)ncn3CC(F)F)cn12.Cc1cccc(-c2ncn(CC(F)F)c2-c2ccc3ncc(CO)n3c2)n1. The predicted molar refractivity (Wildman–Crippen MR) is 203 cm³/mol. The van der Waals surface area contributed by atoms with Crippen molar-refractivity contribution in [2.75, 3.05) is 6.61 Å². The van der Waals surface area contributed by atoms with Crippen LogP contribution >= 0.6 is 0 Å². The number of aromatic nitrogens is 10. The number of rotatable bonds is 11. The highest BCUT2D eigenvalue weighted by molar-refractivity contribution is 5.89. The quantitative estimate of drug-likeness (QED) is 0.105. The first-order chi connectivity index (χ1) is 27.5. The van der Waals surface area contributed by atoms with Gasteiger partial charge in [-0.1, -0.05) is 12.1 Å². The molecule has 0 saturated heterocycles. The van der Waals surface area contributed by atoms with Crippen LogP contribution in [0.5, 0.6) is 0 Å². The van der Waals surface area contributed by atoms with Crippen molar-refractivity contribution in [2.24, 2.45) is 0 Å². The maximum Gasteiger partial charge on any atom is 0.356 e. The first kappa shape index (κ1) is 38.5. The topological polar surface area (TPSA) is 143 Å². The smallest absolute Gasteiger partial charge is 0.356 e. The van der Waals surface area contributed by atoms with Gasteiger partial charge in [0.05, 0.1) is 79.8 Å². The van der Waals surface area contributed by atoms with Crippen LogP contribution < -0.4 is 0 Å². The number of aryl methyl sites for hydroxylation is 2. The molecule has 8 aromatic heterocycles. The number of hydrogen-bond acceptors (Lipinski definition) is 9. The Morgan fingerprint density at radius 2 is 1.21 bits per heavy atom. The molecule has 8 rings (SSSR count). The van der Waals surface area contributed by atoms with Crippen molar-refractivity contribution in [2.45, 2.75) is 53.3 Å². The monoisotopic (exact) mass is 780 g/mol. The molecule has 13 nitrogen and oxygen atoms in total. The van der Waals surface area contributed by atoms with Crippen molar-refractivity contribution in [3.63, 3.8) is 0 Å². The Morgan fingerprint density at radius 1 is 0.702 bits per heavy atom. The summed E-state index contributed by atoms with van der Waals surface area (Å²) in [5.41, 5.74) is 8.20. The summed E-state index contributed by atoms with van der Waals surface area (Å²) in [5.74, 6) is -0.510. The number of carbonyl (C=O) groups excluding carboxylic acids is 1. The molecule has 0 amide bonds. The molecular formula is C40H36F4N10O3. The van der Waals surface area contributed by atoms with Gasteiger partial charge in [0, 0.05) is 34.9 Å². The van der Waals surface area contributed by atoms with Crippen LogP contribution in [0.15, 0.2) is 98.1 Å². The Labute approximate surface area is 322 Å². The lowest BCUT2D eigenvalue weighted by atomic mass is 10.1. The minimum atomic E-state index is -2.55. The Hall–Kier alpha value is -6.75. The van der Waals surface area contributed by atoms with Crippen molar-refractivity contribution in [3.8, 4) is 45.3 Å². The molecule has 0 bridgehead atoms. The maximum absolute atomic E-state index is 13.2. The number of carbonyl (C=O) groups is 1. The molecule has 0 aliphatic rings. The van der Waals surface area contributed by atoms with E-state index >= 15 is 0 Å². The first-order valence-electron chi connectivity index (χ1n) is 17.8. The van der Waals surface area contributed by atoms with E-state index in [9.17, 15) is 27.5 Å². The van der Waals surface area contributed by atoms with Crippen LogP contribution in [0.2, 0.25) is 0 Å². The fourth-order valence-corrected chi connectivity index (χ4v) is 6.43. The normalized spacial score (nSPS) is 11.5. The third kappa shape index (κ3) is 8.14. The number of halogens is 4.